The standard InChI is InChI=1S/C32H35F2N5O3/c33-19-13-32(9-2-10-39(32)14-19)17-42-31-36-29-24(30(37-31)38-15-20-5-6-21(16-38)35-20)8-7-23(28(29)34)25-12-22(40)11-18-3-1-4-26(41)27(18)25/h7-8,11-12,19-21,35,40H,1-6,9-10,13-17H2/t19-,20-,21+,32+/m1/s1. The number of aromatic hydroxyl groups is 1. The van der Waals surface area contributed by atoms with Gasteiger partial charge in [0.15, 0.2) is 11.6 Å². The summed E-state index contributed by atoms with van der Waals surface area (Å²) in [5.74, 6) is 0.0151. The van der Waals surface area contributed by atoms with E-state index in [1.165, 1.54) is 6.07 Å². The molecule has 0 radical (unpaired) electrons. The van der Waals surface area contributed by atoms with Crippen LogP contribution in [0.2, 0.25) is 0 Å². The van der Waals surface area contributed by atoms with E-state index in [4.69, 9.17) is 9.72 Å². The Morgan fingerprint density at radius 3 is 2.74 bits per heavy atom. The second kappa shape index (κ2) is 9.84. The molecule has 220 valence electrons. The number of hydrogen-bond donors (Lipinski definition) is 2. The molecule has 4 atom stereocenters. The van der Waals surface area contributed by atoms with Gasteiger partial charge < -0.3 is 20.1 Å². The van der Waals surface area contributed by atoms with E-state index in [0.717, 1.165) is 50.9 Å². The zero-order valence-corrected chi connectivity index (χ0v) is 23.5. The number of alkyl halides is 1. The number of fused-ring (bicyclic) bond motifs is 5. The molecule has 3 aromatic rings. The average Bonchev–Trinajstić information content (AvgIpc) is 3.61. The van der Waals surface area contributed by atoms with Gasteiger partial charge >= 0.3 is 6.01 Å². The lowest BCUT2D eigenvalue weighted by atomic mass is 9.84. The Kier molecular flexibility index (Phi) is 6.16. The van der Waals surface area contributed by atoms with Crippen LogP contribution in [-0.4, -0.2) is 82.3 Å². The van der Waals surface area contributed by atoms with Gasteiger partial charge in [-0.25, -0.2) is 8.78 Å². The van der Waals surface area contributed by atoms with Crippen molar-refractivity contribution in [1.29, 1.82) is 0 Å². The monoisotopic (exact) mass is 575 g/mol. The summed E-state index contributed by atoms with van der Waals surface area (Å²) in [6, 6.07) is 7.35. The number of phenols is 1. The molecule has 10 heteroatoms. The fraction of sp³-hybridized carbons (Fsp3) is 0.531. The zero-order valence-electron chi connectivity index (χ0n) is 23.5. The fourth-order valence-corrected chi connectivity index (χ4v) is 8.25. The van der Waals surface area contributed by atoms with Gasteiger partial charge in [-0.3, -0.25) is 9.69 Å². The molecule has 5 aliphatic rings. The van der Waals surface area contributed by atoms with Crippen molar-refractivity contribution in [2.45, 2.75) is 75.2 Å². The molecule has 2 N–H and O–H groups in total. The number of ether oxygens (including phenoxy) is 1. The lowest BCUT2D eigenvalue weighted by Gasteiger charge is -2.34. The molecule has 8 rings (SSSR count). The number of aromatic nitrogens is 2. The maximum Gasteiger partial charge on any atom is 0.319 e. The summed E-state index contributed by atoms with van der Waals surface area (Å²) in [7, 11) is 0. The van der Waals surface area contributed by atoms with Crippen molar-refractivity contribution in [3.8, 4) is 22.9 Å². The molecule has 4 fully saturated rings. The molecule has 42 heavy (non-hydrogen) atoms. The molecule has 1 aliphatic carbocycles. The van der Waals surface area contributed by atoms with Gasteiger partial charge in [0.05, 0.1) is 5.54 Å². The lowest BCUT2D eigenvalue weighted by Crippen LogP contribution is -2.51. The Hall–Kier alpha value is -3.37. The van der Waals surface area contributed by atoms with Gasteiger partial charge in [-0.05, 0) is 74.4 Å². The summed E-state index contributed by atoms with van der Waals surface area (Å²) in [5, 5.41) is 14.7. The first-order valence-electron chi connectivity index (χ1n) is 15.3. The summed E-state index contributed by atoms with van der Waals surface area (Å²) in [6.07, 6.45) is 5.33. The van der Waals surface area contributed by atoms with Gasteiger partial charge in [-0.15, -0.1) is 0 Å². The predicted octanol–water partition coefficient (Wildman–Crippen LogP) is 4.56. The highest BCUT2D eigenvalue weighted by atomic mass is 19.1. The summed E-state index contributed by atoms with van der Waals surface area (Å²) < 4.78 is 37.3. The maximum absolute atomic E-state index is 16.7. The minimum Gasteiger partial charge on any atom is -0.508 e. The van der Waals surface area contributed by atoms with Crippen molar-refractivity contribution in [2.75, 3.05) is 37.7 Å². The average molecular weight is 576 g/mol. The highest BCUT2D eigenvalue weighted by molar-refractivity contribution is 6.06. The molecule has 4 saturated heterocycles. The second-order valence-corrected chi connectivity index (χ2v) is 12.9. The molecular formula is C32H35F2N5O3. The fourth-order valence-electron chi connectivity index (χ4n) is 8.25. The Balaban J connectivity index is 1.24. The van der Waals surface area contributed by atoms with Crippen LogP contribution in [0.5, 0.6) is 11.8 Å². The van der Waals surface area contributed by atoms with E-state index in [1.807, 2.05) is 6.07 Å². The Morgan fingerprint density at radius 1 is 1.07 bits per heavy atom. The largest absolute Gasteiger partial charge is 0.508 e. The Labute approximate surface area is 243 Å². The maximum atomic E-state index is 16.7. The molecule has 1 aromatic heterocycles. The number of halogens is 2. The smallest absolute Gasteiger partial charge is 0.319 e. The molecule has 2 aromatic carbocycles. The van der Waals surface area contributed by atoms with Gasteiger partial charge in [0.1, 0.15) is 29.9 Å². The number of piperazine rings is 1. The van der Waals surface area contributed by atoms with E-state index in [0.29, 0.717) is 66.6 Å². The number of phenolic OH excluding ortho intramolecular Hbond substituents is 1. The number of aryl methyl sites for hydroxylation is 1. The third-order valence-electron chi connectivity index (χ3n) is 10.1. The number of carbonyl (C=O) groups excluding carboxylic acids is 1. The molecule has 0 amide bonds. The Morgan fingerprint density at radius 2 is 1.90 bits per heavy atom. The van der Waals surface area contributed by atoms with Crippen molar-refractivity contribution in [2.24, 2.45) is 0 Å². The SMILES string of the molecule is O=C1CCCc2cc(O)cc(-c3ccc4c(N5C[C@H]6CC[C@@H](C5)N6)nc(OC[C@@]56CCCN5C[C@H](F)C6)nc4c3F)c21. The first kappa shape index (κ1) is 26.3. The van der Waals surface area contributed by atoms with Gasteiger partial charge in [0, 0.05) is 61.1 Å². The van der Waals surface area contributed by atoms with E-state index in [2.05, 4.69) is 20.1 Å². The summed E-state index contributed by atoms with van der Waals surface area (Å²) in [6.45, 7) is 3.02. The van der Waals surface area contributed by atoms with E-state index < -0.39 is 12.0 Å². The van der Waals surface area contributed by atoms with E-state index in [-0.39, 0.29) is 40.8 Å². The van der Waals surface area contributed by atoms with Gasteiger partial charge in [-0.2, -0.15) is 9.97 Å². The molecular weight excluding hydrogens is 540 g/mol. The Bertz CT molecular complexity index is 1590. The van der Waals surface area contributed by atoms with E-state index in [1.54, 1.807) is 12.1 Å². The minimum atomic E-state index is -0.880. The van der Waals surface area contributed by atoms with Crippen molar-refractivity contribution >= 4 is 22.5 Å². The van der Waals surface area contributed by atoms with Crippen molar-refractivity contribution in [3.05, 3.63) is 41.2 Å². The number of carbonyl (C=O) groups is 1. The zero-order chi connectivity index (χ0) is 28.6. The number of hydrogen-bond acceptors (Lipinski definition) is 8. The number of nitrogens with one attached hydrogen (secondary N) is 1. The summed E-state index contributed by atoms with van der Waals surface area (Å²) >= 11 is 0. The van der Waals surface area contributed by atoms with Crippen LogP contribution in [0.3, 0.4) is 0 Å². The molecule has 0 saturated carbocycles. The van der Waals surface area contributed by atoms with Crippen LogP contribution in [-0.2, 0) is 6.42 Å². The van der Waals surface area contributed by atoms with Gasteiger partial charge in [0.2, 0.25) is 0 Å². The quantitative estimate of drug-likeness (QED) is 0.458. The van der Waals surface area contributed by atoms with Crippen LogP contribution in [0.1, 0.15) is 60.9 Å². The van der Waals surface area contributed by atoms with E-state index in [9.17, 15) is 14.3 Å². The van der Waals surface area contributed by atoms with Crippen LogP contribution in [0.15, 0.2) is 24.3 Å². The molecule has 8 nitrogen and oxygen atoms in total. The van der Waals surface area contributed by atoms with Crippen LogP contribution in [0.25, 0.3) is 22.0 Å². The highest BCUT2D eigenvalue weighted by Gasteiger charge is 2.49. The summed E-state index contributed by atoms with van der Waals surface area (Å²) in [4.78, 5) is 26.8. The third kappa shape index (κ3) is 4.25. The first-order chi connectivity index (χ1) is 20.4. The number of Topliss-reactive ketones (excluding diaryl/α,β-unsaturated/α-hetero) is 1. The molecule has 4 aliphatic heterocycles. The minimum absolute atomic E-state index is 0.00439. The van der Waals surface area contributed by atoms with Crippen molar-refractivity contribution in [3.63, 3.8) is 0 Å². The topological polar surface area (TPSA) is 90.8 Å². The number of nitrogens with zero attached hydrogens (tertiary/aromatic N) is 4. The number of anilines is 1. The molecule has 0 spiro atoms. The normalized spacial score (nSPS) is 28.9. The van der Waals surface area contributed by atoms with Crippen LogP contribution in [0.4, 0.5) is 14.6 Å². The van der Waals surface area contributed by atoms with Crippen LogP contribution in [0, 0.1) is 5.82 Å². The van der Waals surface area contributed by atoms with E-state index >= 15 is 4.39 Å². The molecule has 5 heterocycles. The number of rotatable bonds is 5. The first-order valence-corrected chi connectivity index (χ1v) is 15.3. The van der Waals surface area contributed by atoms with Crippen LogP contribution < -0.4 is 15.0 Å². The van der Waals surface area contributed by atoms with Crippen molar-refractivity contribution < 1.29 is 23.4 Å². The van der Waals surface area contributed by atoms with Gasteiger partial charge in [-0.1, -0.05) is 6.07 Å². The number of ketones is 1. The third-order valence-corrected chi connectivity index (χ3v) is 10.1. The number of benzene rings is 2. The lowest BCUT2D eigenvalue weighted by molar-refractivity contribution is 0.0973. The van der Waals surface area contributed by atoms with Gasteiger partial charge in [0.25, 0.3) is 0 Å². The highest BCUT2D eigenvalue weighted by Crippen LogP contribution is 2.42. The summed E-state index contributed by atoms with van der Waals surface area (Å²) in [5.41, 5.74) is 1.56. The molecule has 0 unspecified atom stereocenters. The van der Waals surface area contributed by atoms with Crippen molar-refractivity contribution in [1.82, 2.24) is 20.2 Å². The second-order valence-electron chi connectivity index (χ2n) is 12.9. The van der Waals surface area contributed by atoms with Crippen LogP contribution >= 0.6 is 0 Å². The molecule has 2 bridgehead atoms. The predicted molar refractivity (Wildman–Crippen MR) is 155 cm³/mol.